The van der Waals surface area contributed by atoms with Crippen molar-refractivity contribution in [2.24, 2.45) is 0 Å². The number of anilines is 2. The predicted molar refractivity (Wildman–Crippen MR) is 140 cm³/mol. The number of ether oxygens (including phenoxy) is 1. The molecule has 2 aromatic carbocycles. The third-order valence-electron chi connectivity index (χ3n) is 6.89. The minimum Gasteiger partial charge on any atom is -0.385 e. The number of aromatic nitrogens is 1. The Morgan fingerprint density at radius 3 is 2.83 bits per heavy atom. The molecule has 8 nitrogen and oxygen atoms in total. The van der Waals surface area contributed by atoms with E-state index in [1.165, 1.54) is 30.6 Å². The largest absolute Gasteiger partial charge is 0.385 e. The van der Waals surface area contributed by atoms with Gasteiger partial charge in [-0.3, -0.25) is 9.59 Å². The minimum absolute atomic E-state index is 0.0103. The van der Waals surface area contributed by atoms with Gasteiger partial charge in [0.2, 0.25) is 0 Å². The number of fused-ring (bicyclic) bond motifs is 1. The van der Waals surface area contributed by atoms with Gasteiger partial charge in [0.05, 0.1) is 17.9 Å². The Labute approximate surface area is 214 Å². The van der Waals surface area contributed by atoms with Crippen LogP contribution in [0.5, 0.6) is 0 Å². The first-order chi connectivity index (χ1) is 17.3. The molecule has 1 aromatic heterocycles. The highest BCUT2D eigenvalue weighted by molar-refractivity contribution is 7.14. The molecule has 5 rings (SSSR count). The van der Waals surface area contributed by atoms with E-state index in [1.807, 2.05) is 23.6 Å². The molecule has 0 radical (unpaired) electrons. The topological polar surface area (TPSA) is 104 Å². The van der Waals surface area contributed by atoms with Crippen LogP contribution >= 0.6 is 11.3 Å². The van der Waals surface area contributed by atoms with Gasteiger partial charge in [0.15, 0.2) is 5.13 Å². The van der Waals surface area contributed by atoms with Crippen molar-refractivity contribution in [2.75, 3.05) is 37.0 Å². The Balaban J connectivity index is 1.26. The third kappa shape index (κ3) is 5.00. The molecule has 1 fully saturated rings. The molecule has 3 N–H and O–H groups in total. The Bertz CT molecular complexity index is 1280. The zero-order valence-electron chi connectivity index (χ0n) is 20.4. The Morgan fingerprint density at radius 2 is 2.08 bits per heavy atom. The highest BCUT2D eigenvalue weighted by Gasteiger charge is 2.33. The van der Waals surface area contributed by atoms with E-state index in [-0.39, 0.29) is 6.61 Å². The van der Waals surface area contributed by atoms with Crippen LogP contribution in [-0.2, 0) is 21.6 Å². The third-order valence-corrected chi connectivity index (χ3v) is 7.64. The Kier molecular flexibility index (Phi) is 6.79. The normalized spacial score (nSPS) is 19.4. The monoisotopic (exact) mass is 506 g/mol. The van der Waals surface area contributed by atoms with Crippen LogP contribution in [0.3, 0.4) is 0 Å². The summed E-state index contributed by atoms with van der Waals surface area (Å²) in [7, 11) is 1.48. The maximum atomic E-state index is 13.0. The number of hydrogen-bond acceptors (Lipinski definition) is 7. The van der Waals surface area contributed by atoms with E-state index in [0.29, 0.717) is 17.1 Å². The SMILES string of the molecule is COC[C@H](NC(=O)c1ccc2c(c1)[C@](C)(O)CC2)C(=O)Nc1nc(-c2cccc(N3CCC3)c2)cs1. The van der Waals surface area contributed by atoms with Gasteiger partial charge in [-0.05, 0) is 61.6 Å². The molecule has 2 amide bonds. The van der Waals surface area contributed by atoms with Crippen molar-refractivity contribution in [3.8, 4) is 11.3 Å². The first kappa shape index (κ1) is 24.4. The maximum absolute atomic E-state index is 13.0. The van der Waals surface area contributed by atoms with Crippen LogP contribution in [0.25, 0.3) is 11.3 Å². The first-order valence-electron chi connectivity index (χ1n) is 12.1. The summed E-state index contributed by atoms with van der Waals surface area (Å²) >= 11 is 1.33. The number of methoxy groups -OCH3 is 1. The number of benzene rings is 2. The van der Waals surface area contributed by atoms with Crippen molar-refractivity contribution < 1.29 is 19.4 Å². The van der Waals surface area contributed by atoms with Crippen molar-refractivity contribution in [1.29, 1.82) is 0 Å². The number of carbonyl (C=O) groups excluding carboxylic acids is 2. The second-order valence-electron chi connectivity index (χ2n) is 9.55. The predicted octanol–water partition coefficient (Wildman–Crippen LogP) is 3.56. The molecular weight excluding hydrogens is 476 g/mol. The van der Waals surface area contributed by atoms with Crippen LogP contribution in [0.2, 0.25) is 0 Å². The zero-order valence-corrected chi connectivity index (χ0v) is 21.2. The number of thiazole rings is 1. The number of hydrogen-bond donors (Lipinski definition) is 3. The summed E-state index contributed by atoms with van der Waals surface area (Å²) in [6.45, 7) is 3.90. The lowest BCUT2D eigenvalue weighted by Crippen LogP contribution is -2.46. The van der Waals surface area contributed by atoms with E-state index in [1.54, 1.807) is 19.1 Å². The number of aryl methyl sites for hydroxylation is 1. The molecule has 0 unspecified atom stereocenters. The van der Waals surface area contributed by atoms with Gasteiger partial charge in [0.1, 0.15) is 6.04 Å². The summed E-state index contributed by atoms with van der Waals surface area (Å²) in [6.07, 6.45) is 2.61. The van der Waals surface area contributed by atoms with Crippen molar-refractivity contribution in [3.05, 3.63) is 64.5 Å². The second kappa shape index (κ2) is 10.0. The fourth-order valence-electron chi connectivity index (χ4n) is 4.63. The van der Waals surface area contributed by atoms with Crippen LogP contribution in [-0.4, -0.2) is 54.8 Å². The fraction of sp³-hybridized carbons (Fsp3) is 0.370. The number of rotatable bonds is 8. The second-order valence-corrected chi connectivity index (χ2v) is 10.4. The summed E-state index contributed by atoms with van der Waals surface area (Å²) in [5.41, 5.74) is 4.19. The van der Waals surface area contributed by atoms with Crippen molar-refractivity contribution >= 4 is 34.0 Å². The molecule has 2 aliphatic rings. The van der Waals surface area contributed by atoms with E-state index in [4.69, 9.17) is 4.74 Å². The molecule has 0 saturated carbocycles. The first-order valence-corrected chi connectivity index (χ1v) is 13.0. The summed E-state index contributed by atoms with van der Waals surface area (Å²) in [6, 6.07) is 12.6. The lowest BCUT2D eigenvalue weighted by atomic mass is 9.96. The number of nitrogens with zero attached hydrogens (tertiary/aromatic N) is 2. The number of aliphatic hydroxyl groups is 1. The molecule has 9 heteroatoms. The molecule has 1 aliphatic carbocycles. The highest BCUT2D eigenvalue weighted by Crippen LogP contribution is 2.37. The van der Waals surface area contributed by atoms with Crippen molar-refractivity contribution in [2.45, 2.75) is 37.8 Å². The van der Waals surface area contributed by atoms with Gasteiger partial charge in [0, 0.05) is 42.4 Å². The number of nitrogens with one attached hydrogen (secondary N) is 2. The molecule has 1 saturated heterocycles. The van der Waals surface area contributed by atoms with Gasteiger partial charge in [0.25, 0.3) is 11.8 Å². The lowest BCUT2D eigenvalue weighted by Gasteiger charge is -2.33. The Hall–Kier alpha value is -3.27. The van der Waals surface area contributed by atoms with E-state index >= 15 is 0 Å². The number of amides is 2. The van der Waals surface area contributed by atoms with Crippen LogP contribution < -0.4 is 15.5 Å². The summed E-state index contributed by atoms with van der Waals surface area (Å²) in [4.78, 5) is 32.9. The van der Waals surface area contributed by atoms with Crippen LogP contribution in [0.15, 0.2) is 47.8 Å². The highest BCUT2D eigenvalue weighted by atomic mass is 32.1. The molecule has 3 aromatic rings. The van der Waals surface area contributed by atoms with Crippen LogP contribution in [0, 0.1) is 0 Å². The smallest absolute Gasteiger partial charge is 0.252 e. The zero-order chi connectivity index (χ0) is 25.3. The maximum Gasteiger partial charge on any atom is 0.252 e. The van der Waals surface area contributed by atoms with Gasteiger partial charge >= 0.3 is 0 Å². The average molecular weight is 507 g/mol. The molecule has 1 aliphatic heterocycles. The van der Waals surface area contributed by atoms with Crippen molar-refractivity contribution in [3.63, 3.8) is 0 Å². The van der Waals surface area contributed by atoms with Gasteiger partial charge < -0.3 is 25.4 Å². The van der Waals surface area contributed by atoms with E-state index in [9.17, 15) is 14.7 Å². The minimum atomic E-state index is -0.952. The molecule has 2 heterocycles. The summed E-state index contributed by atoms with van der Waals surface area (Å²) in [5, 5.41) is 18.5. The fourth-order valence-corrected chi connectivity index (χ4v) is 5.36. The molecular formula is C27H30N4O4S. The average Bonchev–Trinajstić information content (AvgIpc) is 3.41. The lowest BCUT2D eigenvalue weighted by molar-refractivity contribution is -0.119. The molecule has 2 atom stereocenters. The molecule has 0 spiro atoms. The summed E-state index contributed by atoms with van der Waals surface area (Å²) in [5.74, 6) is -0.811. The van der Waals surface area contributed by atoms with Gasteiger partial charge in [-0.15, -0.1) is 11.3 Å². The quantitative estimate of drug-likeness (QED) is 0.432. The van der Waals surface area contributed by atoms with Crippen LogP contribution in [0.1, 0.15) is 41.3 Å². The van der Waals surface area contributed by atoms with Gasteiger partial charge in [-0.1, -0.05) is 18.2 Å². The van der Waals surface area contributed by atoms with Gasteiger partial charge in [-0.2, -0.15) is 0 Å². The standard InChI is InChI=1S/C27H30N4O4S/c1-27(34)10-9-17-7-8-19(14-21(17)27)24(32)28-22(15-35-2)25(33)30-26-29-23(16-36-26)18-5-3-6-20(13-18)31-11-4-12-31/h3,5-8,13-14,16,22,34H,4,9-12,15H2,1-2H3,(H,28,32)(H,29,30,33)/t22-,27+/m0/s1. The number of carbonyl (C=O) groups is 2. The van der Waals surface area contributed by atoms with E-state index in [0.717, 1.165) is 41.9 Å². The molecule has 0 bridgehead atoms. The van der Waals surface area contributed by atoms with Crippen LogP contribution in [0.4, 0.5) is 10.8 Å². The van der Waals surface area contributed by atoms with E-state index < -0.39 is 23.5 Å². The molecule has 36 heavy (non-hydrogen) atoms. The Morgan fingerprint density at radius 1 is 1.25 bits per heavy atom. The summed E-state index contributed by atoms with van der Waals surface area (Å²) < 4.78 is 5.20. The molecule has 188 valence electrons. The van der Waals surface area contributed by atoms with E-state index in [2.05, 4.69) is 32.7 Å². The van der Waals surface area contributed by atoms with Crippen molar-refractivity contribution in [1.82, 2.24) is 10.3 Å². The van der Waals surface area contributed by atoms with Gasteiger partial charge in [-0.25, -0.2) is 4.98 Å².